The van der Waals surface area contributed by atoms with Gasteiger partial charge in [0, 0.05) is 11.3 Å². The van der Waals surface area contributed by atoms with Gasteiger partial charge in [-0.1, -0.05) is 36.4 Å². The van der Waals surface area contributed by atoms with Crippen molar-refractivity contribution in [1.29, 1.82) is 0 Å². The number of halogens is 3. The van der Waals surface area contributed by atoms with Crippen LogP contribution in [0.15, 0.2) is 54.6 Å². The second-order valence-electron chi connectivity index (χ2n) is 6.07. The van der Waals surface area contributed by atoms with Gasteiger partial charge in [-0.3, -0.25) is 9.59 Å². The molecule has 0 aromatic heterocycles. The molecule has 1 N–H and O–H groups in total. The number of benzene rings is 2. The molecule has 1 saturated carbocycles. The van der Waals surface area contributed by atoms with Gasteiger partial charge >= 0.3 is 12.1 Å². The molecule has 0 bridgehead atoms. The van der Waals surface area contributed by atoms with Crippen LogP contribution in [0.3, 0.4) is 0 Å². The number of nitrogens with one attached hydrogen (secondary N) is 1. The van der Waals surface area contributed by atoms with Crippen molar-refractivity contribution in [2.45, 2.75) is 25.1 Å². The molecule has 0 spiro atoms. The van der Waals surface area contributed by atoms with Gasteiger partial charge in [0.05, 0.1) is 11.5 Å². The van der Waals surface area contributed by atoms with Gasteiger partial charge in [0.15, 0.2) is 0 Å². The maximum absolute atomic E-state index is 12.8. The summed E-state index contributed by atoms with van der Waals surface area (Å²) in [5.41, 5.74) is -0.444. The molecule has 0 heterocycles. The van der Waals surface area contributed by atoms with Gasteiger partial charge < -0.3 is 10.1 Å². The molecule has 1 fully saturated rings. The monoisotopic (exact) mass is 363 g/mol. The highest BCUT2D eigenvalue weighted by Gasteiger charge is 2.35. The van der Waals surface area contributed by atoms with E-state index in [0.717, 1.165) is 25.0 Å². The number of hydrogen-bond acceptors (Lipinski definition) is 3. The number of rotatable bonds is 5. The Balaban J connectivity index is 1.80. The lowest BCUT2D eigenvalue weighted by Crippen LogP contribution is -2.26. The number of hydrogen-bond donors (Lipinski definition) is 1. The fraction of sp³-hybridized carbons (Fsp3) is 0.263. The quantitative estimate of drug-likeness (QED) is 0.804. The lowest BCUT2D eigenvalue weighted by atomic mass is 10.1. The van der Waals surface area contributed by atoms with Gasteiger partial charge in [-0.15, -0.1) is 0 Å². The average molecular weight is 363 g/mol. The maximum atomic E-state index is 12.8. The number of anilines is 1. The van der Waals surface area contributed by atoms with Crippen LogP contribution in [-0.2, 0) is 20.5 Å². The summed E-state index contributed by atoms with van der Waals surface area (Å²) < 4.78 is 43.8. The zero-order valence-corrected chi connectivity index (χ0v) is 13.6. The van der Waals surface area contributed by atoms with Gasteiger partial charge in [-0.2, -0.15) is 13.2 Å². The van der Waals surface area contributed by atoms with Crippen LogP contribution in [0.4, 0.5) is 18.9 Å². The number of carbonyl (C=O) groups is 2. The number of esters is 1. The van der Waals surface area contributed by atoms with Crippen molar-refractivity contribution in [2.75, 3.05) is 5.32 Å². The minimum atomic E-state index is -4.52. The third-order valence-electron chi connectivity index (χ3n) is 3.94. The molecule has 0 radical (unpaired) electrons. The van der Waals surface area contributed by atoms with E-state index in [-0.39, 0.29) is 11.6 Å². The van der Waals surface area contributed by atoms with Crippen LogP contribution in [0.5, 0.6) is 0 Å². The first-order chi connectivity index (χ1) is 12.3. The average Bonchev–Trinajstić information content (AvgIpc) is 3.45. The summed E-state index contributed by atoms with van der Waals surface area (Å²) in [4.78, 5) is 24.6. The Labute approximate surface area is 148 Å². The van der Waals surface area contributed by atoms with Crippen molar-refractivity contribution in [1.82, 2.24) is 0 Å². The summed E-state index contributed by atoms with van der Waals surface area (Å²) in [7, 11) is 0. The smallest absolute Gasteiger partial charge is 0.416 e. The molecule has 0 unspecified atom stereocenters. The SMILES string of the molecule is O=C(O[C@@H](C(=O)Nc1cccc(C(F)(F)F)c1)c1ccccc1)C1CC1. The first-order valence-corrected chi connectivity index (χ1v) is 8.08. The lowest BCUT2D eigenvalue weighted by Gasteiger charge is -2.18. The third-order valence-corrected chi connectivity index (χ3v) is 3.94. The van der Waals surface area contributed by atoms with E-state index in [4.69, 9.17) is 4.74 Å². The molecule has 3 rings (SSSR count). The number of ether oxygens (including phenoxy) is 1. The Morgan fingerprint density at radius 1 is 1.04 bits per heavy atom. The second kappa shape index (κ2) is 7.19. The highest BCUT2D eigenvalue weighted by molar-refractivity contribution is 5.96. The van der Waals surface area contributed by atoms with Crippen LogP contribution in [-0.4, -0.2) is 11.9 Å². The van der Waals surface area contributed by atoms with E-state index in [1.807, 2.05) is 0 Å². The molecule has 1 aliphatic rings. The van der Waals surface area contributed by atoms with E-state index >= 15 is 0 Å². The summed E-state index contributed by atoms with van der Waals surface area (Å²) in [5.74, 6) is -1.38. The summed E-state index contributed by atoms with van der Waals surface area (Å²) in [6, 6.07) is 12.7. The van der Waals surface area contributed by atoms with Gasteiger partial charge in [0.1, 0.15) is 0 Å². The van der Waals surface area contributed by atoms with Crippen molar-refractivity contribution in [2.24, 2.45) is 5.92 Å². The van der Waals surface area contributed by atoms with Crippen molar-refractivity contribution in [3.05, 3.63) is 65.7 Å². The van der Waals surface area contributed by atoms with E-state index in [2.05, 4.69) is 5.32 Å². The molecule has 2 aromatic carbocycles. The molecule has 7 heteroatoms. The number of amides is 1. The Kier molecular flexibility index (Phi) is 4.97. The standard InChI is InChI=1S/C19H16F3NO3/c20-19(21,22)14-7-4-8-15(11-14)23-17(24)16(12-5-2-1-3-6-12)26-18(25)13-9-10-13/h1-8,11,13,16H,9-10H2,(H,23,24)/t16-/m1/s1. The highest BCUT2D eigenvalue weighted by Crippen LogP contribution is 2.33. The molecule has 1 atom stereocenters. The first kappa shape index (κ1) is 18.0. The number of carbonyl (C=O) groups excluding carboxylic acids is 2. The van der Waals surface area contributed by atoms with E-state index in [1.165, 1.54) is 12.1 Å². The normalized spacial score (nSPS) is 15.2. The van der Waals surface area contributed by atoms with Crippen molar-refractivity contribution >= 4 is 17.6 Å². The maximum Gasteiger partial charge on any atom is 0.416 e. The molecule has 0 aliphatic heterocycles. The van der Waals surface area contributed by atoms with Crippen LogP contribution < -0.4 is 5.32 Å². The number of alkyl halides is 3. The Morgan fingerprint density at radius 2 is 1.73 bits per heavy atom. The Hall–Kier alpha value is -2.83. The van der Waals surface area contributed by atoms with Crippen LogP contribution >= 0.6 is 0 Å². The zero-order valence-electron chi connectivity index (χ0n) is 13.6. The van der Waals surface area contributed by atoms with Crippen LogP contribution in [0.2, 0.25) is 0 Å². The third kappa shape index (κ3) is 4.41. The highest BCUT2D eigenvalue weighted by atomic mass is 19.4. The topological polar surface area (TPSA) is 55.4 Å². The predicted molar refractivity (Wildman–Crippen MR) is 88.1 cm³/mol. The molecule has 1 aliphatic carbocycles. The summed E-state index contributed by atoms with van der Waals surface area (Å²) in [6.07, 6.45) is -4.30. The van der Waals surface area contributed by atoms with Crippen LogP contribution in [0.25, 0.3) is 0 Å². The fourth-order valence-electron chi connectivity index (χ4n) is 2.41. The minimum Gasteiger partial charge on any atom is -0.447 e. The van der Waals surface area contributed by atoms with Gasteiger partial charge in [-0.25, -0.2) is 0 Å². The Bertz CT molecular complexity index is 801. The molecule has 136 valence electrons. The van der Waals surface area contributed by atoms with E-state index in [0.29, 0.717) is 5.56 Å². The van der Waals surface area contributed by atoms with Gasteiger partial charge in [-0.05, 0) is 31.0 Å². The molecule has 26 heavy (non-hydrogen) atoms. The largest absolute Gasteiger partial charge is 0.447 e. The first-order valence-electron chi connectivity index (χ1n) is 8.08. The lowest BCUT2D eigenvalue weighted by molar-refractivity contribution is -0.156. The fourth-order valence-corrected chi connectivity index (χ4v) is 2.41. The van der Waals surface area contributed by atoms with E-state index in [1.54, 1.807) is 30.3 Å². The zero-order chi connectivity index (χ0) is 18.7. The molecule has 4 nitrogen and oxygen atoms in total. The Morgan fingerprint density at radius 3 is 2.35 bits per heavy atom. The summed E-state index contributed by atoms with van der Waals surface area (Å²) in [6.45, 7) is 0. The van der Waals surface area contributed by atoms with Crippen molar-refractivity contribution in [3.63, 3.8) is 0 Å². The van der Waals surface area contributed by atoms with Gasteiger partial charge in [0.2, 0.25) is 6.10 Å². The minimum absolute atomic E-state index is 0.0202. The van der Waals surface area contributed by atoms with E-state index in [9.17, 15) is 22.8 Å². The van der Waals surface area contributed by atoms with Crippen LogP contribution in [0, 0.1) is 5.92 Å². The summed E-state index contributed by atoms with van der Waals surface area (Å²) in [5, 5.41) is 2.40. The second-order valence-corrected chi connectivity index (χ2v) is 6.07. The molecular formula is C19H16F3NO3. The van der Waals surface area contributed by atoms with Crippen LogP contribution in [0.1, 0.15) is 30.1 Å². The molecule has 1 amide bonds. The molecule has 2 aromatic rings. The van der Waals surface area contributed by atoms with Crippen molar-refractivity contribution in [3.8, 4) is 0 Å². The van der Waals surface area contributed by atoms with Crippen molar-refractivity contribution < 1.29 is 27.5 Å². The predicted octanol–water partition coefficient (Wildman–Crippen LogP) is 4.34. The van der Waals surface area contributed by atoms with Gasteiger partial charge in [0.25, 0.3) is 5.91 Å². The van der Waals surface area contributed by atoms with E-state index < -0.39 is 29.7 Å². The molecular weight excluding hydrogens is 347 g/mol. The molecule has 0 saturated heterocycles. The summed E-state index contributed by atoms with van der Waals surface area (Å²) >= 11 is 0.